The van der Waals surface area contributed by atoms with Gasteiger partial charge in [0.15, 0.2) is 12.4 Å². The Morgan fingerprint density at radius 2 is 1.95 bits per heavy atom. The normalized spacial score (nSPS) is 20.5. The highest BCUT2D eigenvalue weighted by Gasteiger charge is 2.47. The minimum absolute atomic E-state index is 0.0509. The van der Waals surface area contributed by atoms with Crippen LogP contribution in [0.1, 0.15) is 38.1 Å². The van der Waals surface area contributed by atoms with Gasteiger partial charge < -0.3 is 34.2 Å². The number of benzene rings is 1. The van der Waals surface area contributed by atoms with Gasteiger partial charge in [-0.25, -0.2) is 9.97 Å². The number of amidine groups is 1. The fourth-order valence-electron chi connectivity index (χ4n) is 5.78. The van der Waals surface area contributed by atoms with E-state index in [1.807, 2.05) is 12.1 Å². The zero-order chi connectivity index (χ0) is 28.7. The highest BCUT2D eigenvalue weighted by molar-refractivity contribution is 5.79. The molecule has 1 aromatic heterocycles. The second-order valence-electron chi connectivity index (χ2n) is 10.8. The van der Waals surface area contributed by atoms with Gasteiger partial charge in [-0.1, -0.05) is 13.8 Å². The molecular formula is C27H36F3N7O3. The molecule has 0 amide bonds. The van der Waals surface area contributed by atoms with Crippen LogP contribution in [0, 0.1) is 5.41 Å². The van der Waals surface area contributed by atoms with E-state index in [1.54, 1.807) is 14.2 Å². The molecule has 2 aromatic rings. The summed E-state index contributed by atoms with van der Waals surface area (Å²) in [5.41, 5.74) is 2.50. The van der Waals surface area contributed by atoms with Crippen LogP contribution >= 0.6 is 0 Å². The van der Waals surface area contributed by atoms with Gasteiger partial charge in [-0.2, -0.15) is 13.2 Å². The lowest BCUT2D eigenvalue weighted by atomic mass is 9.88. The number of nitrogens with one attached hydrogen (secondary N) is 2. The number of hydrogen-bond acceptors (Lipinski definition) is 9. The van der Waals surface area contributed by atoms with Crippen LogP contribution in [0.4, 0.5) is 36.2 Å². The van der Waals surface area contributed by atoms with Crippen LogP contribution in [-0.4, -0.2) is 86.7 Å². The molecule has 0 radical (unpaired) electrons. The minimum Gasteiger partial charge on any atom is -0.494 e. The van der Waals surface area contributed by atoms with Crippen LogP contribution in [0.5, 0.6) is 5.75 Å². The largest absolute Gasteiger partial charge is 0.494 e. The average Bonchev–Trinajstić information content (AvgIpc) is 3.55. The molecule has 4 heterocycles. The first-order chi connectivity index (χ1) is 19.0. The number of alkyl halides is 3. The Labute approximate surface area is 231 Å². The van der Waals surface area contributed by atoms with E-state index < -0.39 is 18.2 Å². The maximum absolute atomic E-state index is 13.4. The quantitative estimate of drug-likeness (QED) is 0.394. The average molecular weight is 564 g/mol. The lowest BCUT2D eigenvalue weighted by Gasteiger charge is -2.30. The number of ether oxygens (including phenoxy) is 3. The summed E-state index contributed by atoms with van der Waals surface area (Å²) in [6.45, 7) is 7.70. The van der Waals surface area contributed by atoms with E-state index in [9.17, 15) is 13.2 Å². The summed E-state index contributed by atoms with van der Waals surface area (Å²) in [6, 6.07) is 3.87. The predicted octanol–water partition coefficient (Wildman–Crippen LogP) is 4.27. The van der Waals surface area contributed by atoms with E-state index in [0.29, 0.717) is 43.6 Å². The molecule has 1 atom stereocenters. The molecule has 40 heavy (non-hydrogen) atoms. The third kappa shape index (κ3) is 5.30. The SMILES string of the molecule is CNc1nc(COC(=N)N2CCC[C@H]2C(F)(F)F)nc2c1C(C)(C)CN2c1ccc(N2CCOCC2)cc1OC. The van der Waals surface area contributed by atoms with E-state index in [-0.39, 0.29) is 30.8 Å². The van der Waals surface area contributed by atoms with E-state index in [1.165, 1.54) is 0 Å². The molecule has 218 valence electrons. The molecule has 5 rings (SSSR count). The van der Waals surface area contributed by atoms with Gasteiger partial charge in [0.1, 0.15) is 23.4 Å². The molecule has 0 saturated carbocycles. The van der Waals surface area contributed by atoms with Gasteiger partial charge in [0.25, 0.3) is 6.02 Å². The van der Waals surface area contributed by atoms with Crippen LogP contribution in [-0.2, 0) is 21.5 Å². The number of likely N-dealkylation sites (tertiary alicyclic amines) is 1. The summed E-state index contributed by atoms with van der Waals surface area (Å²) < 4.78 is 57.0. The maximum atomic E-state index is 13.4. The number of nitrogens with zero attached hydrogens (tertiary/aromatic N) is 5. The molecule has 3 aliphatic heterocycles. The summed E-state index contributed by atoms with van der Waals surface area (Å²) in [7, 11) is 3.41. The van der Waals surface area contributed by atoms with Crippen LogP contribution in [0.25, 0.3) is 0 Å². The van der Waals surface area contributed by atoms with E-state index in [2.05, 4.69) is 40.0 Å². The Morgan fingerprint density at radius 1 is 1.20 bits per heavy atom. The van der Waals surface area contributed by atoms with Gasteiger partial charge in [0.05, 0.1) is 26.0 Å². The third-order valence-corrected chi connectivity index (χ3v) is 7.72. The van der Waals surface area contributed by atoms with Crippen molar-refractivity contribution in [2.75, 3.05) is 68.7 Å². The van der Waals surface area contributed by atoms with Crippen molar-refractivity contribution >= 4 is 29.0 Å². The summed E-state index contributed by atoms with van der Waals surface area (Å²) >= 11 is 0. The Hall–Kier alpha value is -3.48. The molecule has 0 spiro atoms. The molecule has 3 aliphatic rings. The predicted molar refractivity (Wildman–Crippen MR) is 146 cm³/mol. The van der Waals surface area contributed by atoms with Crippen molar-refractivity contribution in [2.45, 2.75) is 50.9 Å². The molecule has 1 aromatic carbocycles. The molecule has 0 unspecified atom stereocenters. The second kappa shape index (κ2) is 10.8. The Morgan fingerprint density at radius 3 is 2.62 bits per heavy atom. The summed E-state index contributed by atoms with van der Waals surface area (Å²) in [4.78, 5) is 14.7. The lowest BCUT2D eigenvalue weighted by molar-refractivity contribution is -0.169. The van der Waals surface area contributed by atoms with Gasteiger partial charge in [0.2, 0.25) is 0 Å². The van der Waals surface area contributed by atoms with Crippen molar-refractivity contribution in [1.29, 1.82) is 5.41 Å². The first-order valence-electron chi connectivity index (χ1n) is 13.5. The molecule has 2 fully saturated rings. The van der Waals surface area contributed by atoms with Gasteiger partial charge in [-0.15, -0.1) is 0 Å². The number of halogens is 3. The number of aromatic nitrogens is 2. The number of rotatable bonds is 6. The highest BCUT2D eigenvalue weighted by atomic mass is 19.4. The third-order valence-electron chi connectivity index (χ3n) is 7.72. The van der Waals surface area contributed by atoms with Gasteiger partial charge in [-0.3, -0.25) is 5.41 Å². The zero-order valence-corrected chi connectivity index (χ0v) is 23.3. The van der Waals surface area contributed by atoms with Crippen molar-refractivity contribution < 1.29 is 27.4 Å². The van der Waals surface area contributed by atoms with Crippen molar-refractivity contribution in [1.82, 2.24) is 14.9 Å². The van der Waals surface area contributed by atoms with Crippen molar-refractivity contribution in [3.8, 4) is 5.75 Å². The fraction of sp³-hybridized carbons (Fsp3) is 0.593. The van der Waals surface area contributed by atoms with Crippen molar-refractivity contribution in [3.05, 3.63) is 29.6 Å². The van der Waals surface area contributed by atoms with E-state index in [4.69, 9.17) is 24.6 Å². The van der Waals surface area contributed by atoms with E-state index in [0.717, 1.165) is 34.9 Å². The van der Waals surface area contributed by atoms with Gasteiger partial charge in [0, 0.05) is 56.0 Å². The number of methoxy groups -OCH3 is 1. The molecule has 0 bridgehead atoms. The number of anilines is 4. The molecule has 10 nitrogen and oxygen atoms in total. The smallest absolute Gasteiger partial charge is 0.408 e. The van der Waals surface area contributed by atoms with Crippen LogP contribution in [0.3, 0.4) is 0 Å². The highest BCUT2D eigenvalue weighted by Crippen LogP contribution is 2.48. The Bertz CT molecular complexity index is 1250. The maximum Gasteiger partial charge on any atom is 0.408 e. The lowest BCUT2D eigenvalue weighted by Crippen LogP contribution is -2.45. The Balaban J connectivity index is 1.43. The van der Waals surface area contributed by atoms with Crippen LogP contribution in [0.2, 0.25) is 0 Å². The molecule has 13 heteroatoms. The fourth-order valence-corrected chi connectivity index (χ4v) is 5.78. The van der Waals surface area contributed by atoms with E-state index >= 15 is 0 Å². The number of morpholine rings is 1. The summed E-state index contributed by atoms with van der Waals surface area (Å²) in [5.74, 6) is 2.24. The molecule has 2 saturated heterocycles. The van der Waals surface area contributed by atoms with Crippen LogP contribution < -0.4 is 19.9 Å². The molecule has 2 N–H and O–H groups in total. The van der Waals surface area contributed by atoms with Gasteiger partial charge >= 0.3 is 6.18 Å². The van der Waals surface area contributed by atoms with Gasteiger partial charge in [-0.05, 0) is 25.0 Å². The van der Waals surface area contributed by atoms with Crippen LogP contribution in [0.15, 0.2) is 18.2 Å². The number of hydrogen-bond donors (Lipinski definition) is 2. The summed E-state index contributed by atoms with van der Waals surface area (Å²) in [6.07, 6.45) is -4.12. The first kappa shape index (κ1) is 28.1. The zero-order valence-electron chi connectivity index (χ0n) is 23.3. The second-order valence-corrected chi connectivity index (χ2v) is 10.8. The minimum atomic E-state index is -4.42. The standard InChI is InChI=1S/C27H36F3N7O3/c1-26(2)16-37(18-8-7-17(14-19(18)38-4)35-10-12-39-13-11-35)24-22(26)23(32-3)33-21(34-24)15-40-25(31)36-9-5-6-20(36)27(28,29)30/h7-8,14,20,31H,5-6,9-13,15-16H2,1-4H3,(H,32,33,34)/t20-/m0/s1. The number of fused-ring (bicyclic) bond motifs is 1. The topological polar surface area (TPSA) is 99.1 Å². The summed E-state index contributed by atoms with van der Waals surface area (Å²) in [5, 5.41) is 11.3. The molecule has 0 aliphatic carbocycles. The van der Waals surface area contributed by atoms with Crippen molar-refractivity contribution in [3.63, 3.8) is 0 Å². The first-order valence-corrected chi connectivity index (χ1v) is 13.5. The monoisotopic (exact) mass is 563 g/mol. The Kier molecular flexibility index (Phi) is 7.60. The molecular weight excluding hydrogens is 527 g/mol. The van der Waals surface area contributed by atoms with Crippen molar-refractivity contribution in [2.24, 2.45) is 0 Å².